The number of thiazole rings is 1. The van der Waals surface area contributed by atoms with Gasteiger partial charge in [-0.05, 0) is 54.6 Å². The van der Waals surface area contributed by atoms with Crippen LogP contribution in [0.15, 0.2) is 94.3 Å². The predicted octanol–water partition coefficient (Wildman–Crippen LogP) is 5.12. The summed E-state index contributed by atoms with van der Waals surface area (Å²) in [6, 6.07) is 23.4. The molecule has 35 heavy (non-hydrogen) atoms. The van der Waals surface area contributed by atoms with E-state index in [1.165, 1.54) is 28.0 Å². The van der Waals surface area contributed by atoms with Crippen molar-refractivity contribution >= 4 is 38.3 Å². The Morgan fingerprint density at radius 1 is 0.886 bits per heavy atom. The van der Waals surface area contributed by atoms with Gasteiger partial charge in [-0.1, -0.05) is 57.6 Å². The monoisotopic (exact) mass is 543 g/mol. The van der Waals surface area contributed by atoms with Crippen LogP contribution in [0.1, 0.15) is 5.56 Å². The summed E-state index contributed by atoms with van der Waals surface area (Å²) in [4.78, 5) is 18.2. The zero-order valence-corrected chi connectivity index (χ0v) is 20.4. The molecule has 0 fully saturated rings. The second-order valence-corrected chi connectivity index (χ2v) is 9.70. The fourth-order valence-corrected chi connectivity index (χ4v) is 4.90. The molecule has 3 aromatic carbocycles. The third-order valence-electron chi connectivity index (χ3n) is 5.45. The zero-order valence-electron chi connectivity index (χ0n) is 18.0. The minimum absolute atomic E-state index is 0.252. The van der Waals surface area contributed by atoms with Crippen LogP contribution >= 0.6 is 27.3 Å². The van der Waals surface area contributed by atoms with Crippen molar-refractivity contribution in [3.63, 3.8) is 0 Å². The van der Waals surface area contributed by atoms with Crippen LogP contribution in [-0.4, -0.2) is 24.4 Å². The van der Waals surface area contributed by atoms with Gasteiger partial charge in [-0.25, -0.2) is 9.07 Å². The zero-order chi connectivity index (χ0) is 23.9. The lowest BCUT2D eigenvalue weighted by Gasteiger charge is -2.00. The Morgan fingerprint density at radius 3 is 2.31 bits per heavy atom. The lowest BCUT2D eigenvalue weighted by Crippen LogP contribution is -2.23. The SMILES string of the molecule is O=c1/c(=C/c2cn(-c3ccccc3)nc2-c2ccc(F)cc2)sc2nc(-c3ccc(Br)cc3)nn12. The Morgan fingerprint density at radius 2 is 1.60 bits per heavy atom. The van der Waals surface area contributed by atoms with Gasteiger partial charge in [-0.15, -0.1) is 5.10 Å². The second-order valence-electron chi connectivity index (χ2n) is 7.77. The van der Waals surface area contributed by atoms with Crippen LogP contribution in [0.4, 0.5) is 4.39 Å². The van der Waals surface area contributed by atoms with Gasteiger partial charge in [0.05, 0.1) is 10.2 Å². The first-order valence-corrected chi connectivity index (χ1v) is 12.2. The molecule has 0 aliphatic heterocycles. The van der Waals surface area contributed by atoms with Gasteiger partial charge in [0, 0.05) is 27.4 Å². The number of aromatic nitrogens is 5. The number of fused-ring (bicyclic) bond motifs is 1. The molecule has 6 rings (SSSR count). The summed E-state index contributed by atoms with van der Waals surface area (Å²) in [5, 5.41) is 9.16. The van der Waals surface area contributed by atoms with E-state index in [0.717, 1.165) is 26.9 Å². The van der Waals surface area contributed by atoms with Gasteiger partial charge < -0.3 is 0 Å². The minimum Gasteiger partial charge on any atom is -0.266 e. The van der Waals surface area contributed by atoms with E-state index in [4.69, 9.17) is 5.10 Å². The summed E-state index contributed by atoms with van der Waals surface area (Å²) in [5.41, 5.74) is 3.57. The molecule has 170 valence electrons. The van der Waals surface area contributed by atoms with Crippen molar-refractivity contribution in [3.05, 3.63) is 116 Å². The highest BCUT2D eigenvalue weighted by atomic mass is 79.9. The quantitative estimate of drug-likeness (QED) is 0.309. The molecule has 3 heterocycles. The van der Waals surface area contributed by atoms with Gasteiger partial charge in [-0.2, -0.15) is 14.6 Å². The summed E-state index contributed by atoms with van der Waals surface area (Å²) in [5.74, 6) is 0.173. The van der Waals surface area contributed by atoms with Crippen LogP contribution in [0.25, 0.3) is 39.4 Å². The van der Waals surface area contributed by atoms with Gasteiger partial charge in [0.1, 0.15) is 11.5 Å². The fourth-order valence-electron chi connectivity index (χ4n) is 3.73. The molecule has 0 unspecified atom stereocenters. The third kappa shape index (κ3) is 4.09. The molecule has 9 heteroatoms. The molecule has 0 bridgehead atoms. The average Bonchev–Trinajstić information content (AvgIpc) is 3.56. The first kappa shape index (κ1) is 21.6. The summed E-state index contributed by atoms with van der Waals surface area (Å²) in [6.45, 7) is 0. The van der Waals surface area contributed by atoms with Gasteiger partial charge in [-0.3, -0.25) is 4.79 Å². The maximum atomic E-state index is 13.5. The van der Waals surface area contributed by atoms with Crippen molar-refractivity contribution in [1.29, 1.82) is 0 Å². The van der Waals surface area contributed by atoms with E-state index in [1.807, 2.05) is 60.8 Å². The van der Waals surface area contributed by atoms with Gasteiger partial charge in [0.2, 0.25) is 4.96 Å². The number of hydrogen-bond acceptors (Lipinski definition) is 5. The van der Waals surface area contributed by atoms with Crippen LogP contribution in [0.5, 0.6) is 0 Å². The Kier molecular flexibility index (Phi) is 5.35. The molecule has 6 nitrogen and oxygen atoms in total. The molecule has 0 amide bonds. The standard InChI is InChI=1S/C26H15BrFN5OS/c27-19-10-6-17(7-11-19)24-29-26-33(31-24)25(34)22(35-26)14-18-15-32(21-4-2-1-3-5-21)30-23(18)16-8-12-20(28)13-9-16/h1-15H/b22-14-. The van der Waals surface area contributed by atoms with E-state index in [0.29, 0.717) is 21.0 Å². The normalized spacial score (nSPS) is 12.0. The Hall–Kier alpha value is -3.95. The number of benzene rings is 3. The van der Waals surface area contributed by atoms with E-state index in [9.17, 15) is 9.18 Å². The summed E-state index contributed by atoms with van der Waals surface area (Å²) < 4.78 is 18.1. The Balaban J connectivity index is 1.48. The van der Waals surface area contributed by atoms with E-state index in [1.54, 1.807) is 22.9 Å². The van der Waals surface area contributed by atoms with Crippen LogP contribution in [-0.2, 0) is 0 Å². The maximum Gasteiger partial charge on any atom is 0.291 e. The maximum absolute atomic E-state index is 13.5. The van der Waals surface area contributed by atoms with E-state index in [2.05, 4.69) is 26.0 Å². The van der Waals surface area contributed by atoms with Crippen molar-refractivity contribution in [1.82, 2.24) is 24.4 Å². The average molecular weight is 544 g/mol. The number of para-hydroxylation sites is 1. The number of rotatable bonds is 4. The molecule has 0 aliphatic carbocycles. The number of halogens is 2. The molecule has 6 aromatic rings. The third-order valence-corrected chi connectivity index (χ3v) is 6.94. The molecule has 0 atom stereocenters. The van der Waals surface area contributed by atoms with Crippen LogP contribution in [0, 0.1) is 5.82 Å². The van der Waals surface area contributed by atoms with Gasteiger partial charge in [0.15, 0.2) is 5.82 Å². The fraction of sp³-hybridized carbons (Fsp3) is 0. The van der Waals surface area contributed by atoms with Gasteiger partial charge in [0.25, 0.3) is 5.56 Å². The Bertz CT molecular complexity index is 1770. The molecule has 0 saturated carbocycles. The smallest absolute Gasteiger partial charge is 0.266 e. The summed E-state index contributed by atoms with van der Waals surface area (Å²) >= 11 is 4.68. The van der Waals surface area contributed by atoms with E-state index < -0.39 is 0 Å². The molecule has 0 N–H and O–H groups in total. The first-order valence-electron chi connectivity index (χ1n) is 10.6. The van der Waals surface area contributed by atoms with E-state index >= 15 is 0 Å². The predicted molar refractivity (Wildman–Crippen MR) is 138 cm³/mol. The molecule has 3 aromatic heterocycles. The van der Waals surface area contributed by atoms with E-state index in [-0.39, 0.29) is 11.4 Å². The van der Waals surface area contributed by atoms with Crippen LogP contribution < -0.4 is 10.1 Å². The van der Waals surface area contributed by atoms with Crippen molar-refractivity contribution < 1.29 is 4.39 Å². The highest BCUT2D eigenvalue weighted by Gasteiger charge is 2.15. The highest BCUT2D eigenvalue weighted by molar-refractivity contribution is 9.10. The number of hydrogen-bond donors (Lipinski definition) is 0. The molecule has 0 aliphatic rings. The lowest BCUT2D eigenvalue weighted by molar-refractivity contribution is 0.628. The van der Waals surface area contributed by atoms with Gasteiger partial charge >= 0.3 is 0 Å². The topological polar surface area (TPSA) is 65.1 Å². The number of nitrogens with zero attached hydrogens (tertiary/aromatic N) is 5. The molecule has 0 radical (unpaired) electrons. The minimum atomic E-state index is -0.323. The molecule has 0 saturated heterocycles. The summed E-state index contributed by atoms with van der Waals surface area (Å²) in [7, 11) is 0. The van der Waals surface area contributed by atoms with Crippen molar-refractivity contribution in [2.75, 3.05) is 0 Å². The van der Waals surface area contributed by atoms with Crippen LogP contribution in [0.3, 0.4) is 0 Å². The first-order chi connectivity index (χ1) is 17.0. The Labute approximate surface area is 210 Å². The van der Waals surface area contributed by atoms with Crippen molar-refractivity contribution in [2.45, 2.75) is 0 Å². The summed E-state index contributed by atoms with van der Waals surface area (Å²) in [6.07, 6.45) is 3.64. The molecular weight excluding hydrogens is 529 g/mol. The highest BCUT2D eigenvalue weighted by Crippen LogP contribution is 2.25. The van der Waals surface area contributed by atoms with Crippen molar-refractivity contribution in [3.8, 4) is 28.3 Å². The largest absolute Gasteiger partial charge is 0.291 e. The second kappa shape index (κ2) is 8.68. The molecule has 0 spiro atoms. The van der Waals surface area contributed by atoms with Crippen molar-refractivity contribution in [2.24, 2.45) is 0 Å². The molecular formula is C26H15BrFN5OS. The van der Waals surface area contributed by atoms with Crippen LogP contribution in [0.2, 0.25) is 0 Å². The lowest BCUT2D eigenvalue weighted by atomic mass is 10.1.